The first-order chi connectivity index (χ1) is 6.35. The predicted molar refractivity (Wildman–Crippen MR) is 61.6 cm³/mol. The maximum Gasteiger partial charge on any atom is 0.0357 e. The molecule has 13 heavy (non-hydrogen) atoms. The van der Waals surface area contributed by atoms with Crippen molar-refractivity contribution in [2.75, 3.05) is 6.54 Å². The summed E-state index contributed by atoms with van der Waals surface area (Å²) in [7, 11) is 0. The molecule has 0 bridgehead atoms. The molecule has 0 rings (SSSR count). The van der Waals surface area contributed by atoms with Crippen molar-refractivity contribution in [2.45, 2.75) is 59.3 Å². The molecular formula is C12H25N. The SMILES string of the molecule is CCCCC(C=NCC)CCCC. The van der Waals surface area contributed by atoms with Crippen LogP contribution in [0.5, 0.6) is 0 Å². The first-order valence-electron chi connectivity index (χ1n) is 5.85. The minimum absolute atomic E-state index is 0.750. The highest BCUT2D eigenvalue weighted by molar-refractivity contribution is 5.60. The quantitative estimate of drug-likeness (QED) is 0.503. The highest BCUT2D eigenvalue weighted by Crippen LogP contribution is 2.13. The second-order valence-electron chi connectivity index (χ2n) is 3.69. The van der Waals surface area contributed by atoms with Crippen molar-refractivity contribution in [3.05, 3.63) is 0 Å². The molecular weight excluding hydrogens is 158 g/mol. The molecule has 0 aliphatic heterocycles. The van der Waals surface area contributed by atoms with Gasteiger partial charge in [0.1, 0.15) is 0 Å². The lowest BCUT2D eigenvalue weighted by atomic mass is 9.97. The Morgan fingerprint density at radius 2 is 1.54 bits per heavy atom. The van der Waals surface area contributed by atoms with Crippen molar-refractivity contribution < 1.29 is 0 Å². The van der Waals surface area contributed by atoms with E-state index in [9.17, 15) is 0 Å². The van der Waals surface area contributed by atoms with Crippen molar-refractivity contribution in [3.8, 4) is 0 Å². The van der Waals surface area contributed by atoms with Gasteiger partial charge in [-0.3, -0.25) is 4.99 Å². The first kappa shape index (κ1) is 12.7. The Morgan fingerprint density at radius 3 is 1.92 bits per heavy atom. The van der Waals surface area contributed by atoms with E-state index in [-0.39, 0.29) is 0 Å². The van der Waals surface area contributed by atoms with E-state index >= 15 is 0 Å². The van der Waals surface area contributed by atoms with Crippen LogP contribution in [-0.2, 0) is 0 Å². The summed E-state index contributed by atoms with van der Waals surface area (Å²) in [4.78, 5) is 4.35. The standard InChI is InChI=1S/C12H25N/c1-4-7-9-12(10-8-5-2)11-13-6-3/h11-12H,4-10H2,1-3H3. The van der Waals surface area contributed by atoms with Gasteiger partial charge in [0, 0.05) is 12.8 Å². The van der Waals surface area contributed by atoms with Crippen LogP contribution in [0, 0.1) is 5.92 Å². The summed E-state index contributed by atoms with van der Waals surface area (Å²) in [5, 5.41) is 0. The average molecular weight is 183 g/mol. The summed E-state index contributed by atoms with van der Waals surface area (Å²) in [5.41, 5.74) is 0. The van der Waals surface area contributed by atoms with Crippen LogP contribution in [0.15, 0.2) is 4.99 Å². The summed E-state index contributed by atoms with van der Waals surface area (Å²) in [6.45, 7) is 7.56. The largest absolute Gasteiger partial charge is 0.298 e. The van der Waals surface area contributed by atoms with Crippen LogP contribution in [0.2, 0.25) is 0 Å². The molecule has 0 amide bonds. The number of hydrogen-bond donors (Lipinski definition) is 0. The van der Waals surface area contributed by atoms with Crippen LogP contribution < -0.4 is 0 Å². The lowest BCUT2D eigenvalue weighted by Gasteiger charge is -2.10. The summed E-state index contributed by atoms with van der Waals surface area (Å²) in [6, 6.07) is 0. The van der Waals surface area contributed by atoms with Gasteiger partial charge in [-0.1, -0.05) is 39.5 Å². The van der Waals surface area contributed by atoms with Crippen molar-refractivity contribution in [1.82, 2.24) is 0 Å². The molecule has 0 atom stereocenters. The summed E-state index contributed by atoms with van der Waals surface area (Å²) in [6.07, 6.45) is 10.2. The summed E-state index contributed by atoms with van der Waals surface area (Å²) < 4.78 is 0. The zero-order valence-electron chi connectivity index (χ0n) is 9.55. The highest BCUT2D eigenvalue weighted by Gasteiger charge is 2.03. The average Bonchev–Trinajstić information content (AvgIpc) is 2.17. The lowest BCUT2D eigenvalue weighted by Crippen LogP contribution is -2.02. The molecule has 1 heteroatoms. The van der Waals surface area contributed by atoms with E-state index in [1.807, 2.05) is 0 Å². The summed E-state index contributed by atoms with van der Waals surface area (Å²) in [5.74, 6) is 0.750. The van der Waals surface area contributed by atoms with E-state index in [1.54, 1.807) is 0 Å². The third-order valence-corrected chi connectivity index (χ3v) is 2.36. The van der Waals surface area contributed by atoms with Gasteiger partial charge in [-0.25, -0.2) is 0 Å². The molecule has 0 saturated heterocycles. The van der Waals surface area contributed by atoms with Crippen LogP contribution in [0.25, 0.3) is 0 Å². The molecule has 0 spiro atoms. The summed E-state index contributed by atoms with van der Waals surface area (Å²) >= 11 is 0. The van der Waals surface area contributed by atoms with Crippen LogP contribution in [0.1, 0.15) is 59.3 Å². The predicted octanol–water partition coefficient (Wildman–Crippen LogP) is 4.07. The Hall–Kier alpha value is -0.330. The minimum atomic E-state index is 0.750. The van der Waals surface area contributed by atoms with E-state index in [2.05, 4.69) is 32.0 Å². The fourth-order valence-electron chi connectivity index (χ4n) is 1.48. The van der Waals surface area contributed by atoms with Crippen molar-refractivity contribution in [2.24, 2.45) is 10.9 Å². The smallest absolute Gasteiger partial charge is 0.0357 e. The Bertz CT molecular complexity index is 110. The second-order valence-corrected chi connectivity index (χ2v) is 3.69. The molecule has 0 aromatic carbocycles. The Labute approximate surface area is 83.6 Å². The van der Waals surface area contributed by atoms with Crippen LogP contribution in [0.3, 0.4) is 0 Å². The van der Waals surface area contributed by atoms with Gasteiger partial charge in [-0.15, -0.1) is 0 Å². The van der Waals surface area contributed by atoms with Gasteiger partial charge >= 0.3 is 0 Å². The Kier molecular flexibility index (Phi) is 9.51. The van der Waals surface area contributed by atoms with E-state index in [1.165, 1.54) is 38.5 Å². The zero-order valence-corrected chi connectivity index (χ0v) is 9.55. The van der Waals surface area contributed by atoms with Gasteiger partial charge in [-0.2, -0.15) is 0 Å². The Balaban J connectivity index is 3.66. The maximum absolute atomic E-state index is 4.35. The van der Waals surface area contributed by atoms with E-state index in [0.717, 1.165) is 12.5 Å². The van der Waals surface area contributed by atoms with Crippen molar-refractivity contribution in [1.29, 1.82) is 0 Å². The van der Waals surface area contributed by atoms with Gasteiger partial charge in [0.05, 0.1) is 0 Å². The number of rotatable bonds is 8. The molecule has 0 saturated carbocycles. The molecule has 0 fully saturated rings. The van der Waals surface area contributed by atoms with Gasteiger partial charge in [-0.05, 0) is 25.7 Å². The monoisotopic (exact) mass is 183 g/mol. The van der Waals surface area contributed by atoms with Crippen LogP contribution in [0.4, 0.5) is 0 Å². The normalized spacial score (nSPS) is 11.7. The van der Waals surface area contributed by atoms with Crippen LogP contribution in [-0.4, -0.2) is 12.8 Å². The molecule has 0 unspecified atom stereocenters. The first-order valence-corrected chi connectivity index (χ1v) is 5.85. The van der Waals surface area contributed by atoms with Gasteiger partial charge < -0.3 is 0 Å². The number of nitrogens with zero attached hydrogens (tertiary/aromatic N) is 1. The number of unbranched alkanes of at least 4 members (excludes halogenated alkanes) is 2. The molecule has 0 aliphatic carbocycles. The second kappa shape index (κ2) is 9.76. The van der Waals surface area contributed by atoms with Crippen molar-refractivity contribution >= 4 is 6.21 Å². The third-order valence-electron chi connectivity index (χ3n) is 2.36. The van der Waals surface area contributed by atoms with E-state index in [0.29, 0.717) is 0 Å². The maximum atomic E-state index is 4.35. The molecule has 0 aromatic rings. The van der Waals surface area contributed by atoms with E-state index in [4.69, 9.17) is 0 Å². The number of hydrogen-bond acceptors (Lipinski definition) is 1. The molecule has 0 aromatic heterocycles. The van der Waals surface area contributed by atoms with Crippen molar-refractivity contribution in [3.63, 3.8) is 0 Å². The van der Waals surface area contributed by atoms with E-state index < -0.39 is 0 Å². The van der Waals surface area contributed by atoms with Gasteiger partial charge in [0.2, 0.25) is 0 Å². The number of aliphatic imine (C=N–C) groups is 1. The fraction of sp³-hybridized carbons (Fsp3) is 0.917. The highest BCUT2D eigenvalue weighted by atomic mass is 14.7. The Morgan fingerprint density at radius 1 is 1.00 bits per heavy atom. The fourth-order valence-corrected chi connectivity index (χ4v) is 1.48. The molecule has 0 heterocycles. The minimum Gasteiger partial charge on any atom is -0.298 e. The van der Waals surface area contributed by atoms with Gasteiger partial charge in [0.15, 0.2) is 0 Å². The topological polar surface area (TPSA) is 12.4 Å². The van der Waals surface area contributed by atoms with Gasteiger partial charge in [0.25, 0.3) is 0 Å². The molecule has 1 nitrogen and oxygen atoms in total. The molecule has 78 valence electrons. The molecule has 0 aliphatic rings. The lowest BCUT2D eigenvalue weighted by molar-refractivity contribution is 0.528. The zero-order chi connectivity index (χ0) is 9.94. The third kappa shape index (κ3) is 8.01. The molecule has 0 N–H and O–H groups in total. The van der Waals surface area contributed by atoms with Crippen LogP contribution >= 0.6 is 0 Å². The molecule has 0 radical (unpaired) electrons.